The number of rotatable bonds is 1. The van der Waals surface area contributed by atoms with Crippen molar-refractivity contribution < 1.29 is 4.79 Å². The van der Waals surface area contributed by atoms with E-state index in [2.05, 4.69) is 15.6 Å². The molecule has 1 unspecified atom stereocenters. The van der Waals surface area contributed by atoms with Crippen LogP contribution < -0.4 is 21.7 Å². The molecule has 2 N–H and O–H groups in total. The maximum absolute atomic E-state index is 13.6. The topological polar surface area (TPSA) is 96.0 Å². The van der Waals surface area contributed by atoms with Gasteiger partial charge in [0, 0.05) is 22.5 Å². The lowest BCUT2D eigenvalue weighted by Gasteiger charge is -2.27. The van der Waals surface area contributed by atoms with Gasteiger partial charge in [-0.2, -0.15) is 4.99 Å². The average Bonchev–Trinajstić information content (AvgIpc) is 3.43. The second kappa shape index (κ2) is 5.98. The highest BCUT2D eigenvalue weighted by atomic mass is 16.2. The molecule has 4 heterocycles. The minimum atomic E-state index is -1.39. The quantitative estimate of drug-likeness (QED) is 0.439. The van der Waals surface area contributed by atoms with Crippen molar-refractivity contribution in [3.8, 4) is 11.3 Å². The minimum Gasteiger partial charge on any atom is -0.324 e. The van der Waals surface area contributed by atoms with E-state index < -0.39 is 5.66 Å². The van der Waals surface area contributed by atoms with E-state index in [4.69, 9.17) is 15.0 Å². The number of anilines is 2. The van der Waals surface area contributed by atoms with E-state index in [0.29, 0.717) is 28.4 Å². The van der Waals surface area contributed by atoms with Gasteiger partial charge in [0.2, 0.25) is 11.6 Å². The van der Waals surface area contributed by atoms with Crippen LogP contribution in [0.1, 0.15) is 5.56 Å². The SMILES string of the molecule is O=C1Nc2ccccc2C12N=C(Nc1ccccc1)N=c1nc3c(n12)=Nc1ccccc1-3. The third kappa shape index (κ3) is 2.12. The van der Waals surface area contributed by atoms with Gasteiger partial charge in [-0.1, -0.05) is 54.6 Å². The molecule has 1 aromatic heterocycles. The number of hydrogen-bond acceptors (Lipinski definition) is 6. The first-order valence-electron chi connectivity index (χ1n) is 10.2. The summed E-state index contributed by atoms with van der Waals surface area (Å²) in [6.45, 7) is 0. The monoisotopic (exact) mass is 417 g/mol. The van der Waals surface area contributed by atoms with Crippen LogP contribution in [0, 0.1) is 0 Å². The van der Waals surface area contributed by atoms with Crippen molar-refractivity contribution in [1.82, 2.24) is 9.55 Å². The molecule has 3 aliphatic rings. The van der Waals surface area contributed by atoms with Crippen molar-refractivity contribution in [2.75, 3.05) is 10.6 Å². The molecule has 7 rings (SSSR count). The first kappa shape index (κ1) is 17.1. The molecule has 8 heteroatoms. The normalized spacial score (nSPS) is 19.1. The van der Waals surface area contributed by atoms with Gasteiger partial charge in [0.15, 0.2) is 5.49 Å². The Labute approximate surface area is 181 Å². The van der Waals surface area contributed by atoms with Gasteiger partial charge >= 0.3 is 0 Å². The molecule has 0 radical (unpaired) electrons. The summed E-state index contributed by atoms with van der Waals surface area (Å²) < 4.78 is 1.75. The summed E-state index contributed by atoms with van der Waals surface area (Å²) >= 11 is 0. The van der Waals surface area contributed by atoms with Gasteiger partial charge in [-0.05, 0) is 24.3 Å². The van der Waals surface area contributed by atoms with E-state index in [1.165, 1.54) is 0 Å². The molecule has 0 saturated carbocycles. The van der Waals surface area contributed by atoms with Crippen LogP contribution >= 0.6 is 0 Å². The van der Waals surface area contributed by atoms with Crippen LogP contribution in [0.5, 0.6) is 0 Å². The zero-order valence-electron chi connectivity index (χ0n) is 16.6. The van der Waals surface area contributed by atoms with Gasteiger partial charge in [0.05, 0.1) is 5.69 Å². The number of hydrogen-bond donors (Lipinski definition) is 2. The van der Waals surface area contributed by atoms with Crippen molar-refractivity contribution >= 4 is 28.9 Å². The molecule has 0 fully saturated rings. The summed E-state index contributed by atoms with van der Waals surface area (Å²) in [5, 5.41) is 6.21. The summed E-state index contributed by atoms with van der Waals surface area (Å²) in [5.74, 6) is 0.0427. The fraction of sp³-hybridized carbons (Fsp3) is 0.0417. The van der Waals surface area contributed by atoms with Crippen LogP contribution in [-0.2, 0) is 10.5 Å². The van der Waals surface area contributed by atoms with Crippen molar-refractivity contribution in [3.05, 3.63) is 95.5 Å². The predicted molar refractivity (Wildman–Crippen MR) is 119 cm³/mol. The molecule has 3 aromatic carbocycles. The minimum absolute atomic E-state index is 0.270. The number of aromatic nitrogens is 2. The zero-order chi connectivity index (χ0) is 21.3. The Morgan fingerprint density at radius 1 is 0.875 bits per heavy atom. The van der Waals surface area contributed by atoms with E-state index in [0.717, 1.165) is 22.5 Å². The van der Waals surface area contributed by atoms with Crippen molar-refractivity contribution in [1.29, 1.82) is 0 Å². The fourth-order valence-electron chi connectivity index (χ4n) is 4.53. The van der Waals surface area contributed by atoms with Crippen molar-refractivity contribution in [2.24, 2.45) is 15.0 Å². The van der Waals surface area contributed by atoms with Crippen LogP contribution in [0.2, 0.25) is 0 Å². The first-order chi connectivity index (χ1) is 15.7. The van der Waals surface area contributed by atoms with E-state index in [9.17, 15) is 4.79 Å². The van der Waals surface area contributed by atoms with Gasteiger partial charge in [-0.25, -0.2) is 15.0 Å². The first-order valence-corrected chi connectivity index (χ1v) is 10.2. The van der Waals surface area contributed by atoms with Gasteiger partial charge in [0.1, 0.15) is 5.69 Å². The lowest BCUT2D eigenvalue weighted by atomic mass is 10.0. The molecule has 1 atom stereocenters. The molecule has 0 bridgehead atoms. The number of carbonyl (C=O) groups excluding carboxylic acids is 1. The summed E-state index contributed by atoms with van der Waals surface area (Å²) in [4.78, 5) is 32.7. The molecular formula is C24H15N7O. The van der Waals surface area contributed by atoms with Crippen LogP contribution in [0.15, 0.2) is 93.8 Å². The molecule has 1 spiro atoms. The Hall–Kier alpha value is -4.59. The molecule has 1 amide bonds. The molecule has 4 aromatic rings. The Balaban J connectivity index is 1.54. The largest absolute Gasteiger partial charge is 0.324 e. The number of imidazole rings is 1. The van der Waals surface area contributed by atoms with E-state index in [-0.39, 0.29) is 5.91 Å². The standard InChI is InChI=1S/C24H15N7O/c32-21-24(16-11-5-7-13-18(16)27-21)30-22(25-14-8-2-1-3-9-14)29-23-28-19-15-10-4-6-12-17(15)26-20(19)31(23)24/h1-13H,(H,25,30)(H,27,32). The third-order valence-corrected chi connectivity index (χ3v) is 5.92. The highest BCUT2D eigenvalue weighted by Gasteiger charge is 2.52. The highest BCUT2D eigenvalue weighted by molar-refractivity contribution is 6.08. The van der Waals surface area contributed by atoms with Gasteiger partial charge < -0.3 is 10.6 Å². The van der Waals surface area contributed by atoms with Crippen LogP contribution in [0.4, 0.5) is 17.1 Å². The van der Waals surface area contributed by atoms with Gasteiger partial charge in [0.25, 0.3) is 11.6 Å². The van der Waals surface area contributed by atoms with E-state index >= 15 is 0 Å². The number of fused-ring (bicyclic) bond motifs is 8. The number of para-hydroxylation sites is 3. The van der Waals surface area contributed by atoms with E-state index in [1.807, 2.05) is 78.9 Å². The van der Waals surface area contributed by atoms with E-state index in [1.54, 1.807) is 4.57 Å². The average molecular weight is 417 g/mol. The second-order valence-corrected chi connectivity index (χ2v) is 7.76. The number of carbonyl (C=O) groups is 1. The predicted octanol–water partition coefficient (Wildman–Crippen LogP) is 2.57. The number of nitrogens with one attached hydrogen (secondary N) is 2. The molecular weight excluding hydrogens is 402 g/mol. The highest BCUT2D eigenvalue weighted by Crippen LogP contribution is 2.41. The number of benzene rings is 3. The number of guanidine groups is 1. The van der Waals surface area contributed by atoms with Crippen molar-refractivity contribution in [2.45, 2.75) is 5.66 Å². The Kier molecular flexibility index (Phi) is 3.20. The summed E-state index contributed by atoms with van der Waals surface area (Å²) in [6.07, 6.45) is 0. The molecule has 152 valence electrons. The molecule has 3 aliphatic heterocycles. The maximum atomic E-state index is 13.6. The fourth-order valence-corrected chi connectivity index (χ4v) is 4.53. The molecule has 32 heavy (non-hydrogen) atoms. The Morgan fingerprint density at radius 3 is 2.56 bits per heavy atom. The molecule has 0 aliphatic carbocycles. The van der Waals surface area contributed by atoms with Crippen molar-refractivity contribution in [3.63, 3.8) is 0 Å². The lowest BCUT2D eigenvalue weighted by molar-refractivity contribution is -0.121. The maximum Gasteiger partial charge on any atom is 0.278 e. The lowest BCUT2D eigenvalue weighted by Crippen LogP contribution is -2.53. The van der Waals surface area contributed by atoms with Crippen LogP contribution in [0.25, 0.3) is 11.3 Å². The Morgan fingerprint density at radius 2 is 1.66 bits per heavy atom. The smallest absolute Gasteiger partial charge is 0.278 e. The van der Waals surface area contributed by atoms with Gasteiger partial charge in [-0.15, -0.1) is 0 Å². The second-order valence-electron chi connectivity index (χ2n) is 7.76. The summed E-state index contributed by atoms with van der Waals surface area (Å²) in [6, 6.07) is 25.0. The third-order valence-electron chi connectivity index (χ3n) is 5.92. The van der Waals surface area contributed by atoms with Crippen LogP contribution in [0.3, 0.4) is 0 Å². The molecule has 8 nitrogen and oxygen atoms in total. The molecule has 0 saturated heterocycles. The zero-order valence-corrected chi connectivity index (χ0v) is 16.6. The number of aliphatic imine (C=N–C) groups is 1. The Bertz CT molecular complexity index is 1600. The summed E-state index contributed by atoms with van der Waals surface area (Å²) in [5.41, 5.74) is 4.28. The van der Waals surface area contributed by atoms with Gasteiger partial charge in [-0.3, -0.25) is 9.36 Å². The number of nitrogens with zero attached hydrogens (tertiary/aromatic N) is 5. The summed E-state index contributed by atoms with van der Waals surface area (Å²) in [7, 11) is 0. The van der Waals surface area contributed by atoms with Crippen LogP contribution in [-0.4, -0.2) is 21.4 Å². The number of amides is 1.